The van der Waals surface area contributed by atoms with Crippen LogP contribution in [0.3, 0.4) is 0 Å². The van der Waals surface area contributed by atoms with Gasteiger partial charge in [-0.05, 0) is 127 Å². The van der Waals surface area contributed by atoms with Crippen molar-refractivity contribution in [2.24, 2.45) is 11.8 Å². The van der Waals surface area contributed by atoms with Crippen LogP contribution >= 0.6 is 0 Å². The first-order chi connectivity index (χ1) is 30.3. The number of amides is 4. The maximum absolute atomic E-state index is 13.8. The van der Waals surface area contributed by atoms with Crippen molar-refractivity contribution >= 4 is 35.0 Å². The SMILES string of the molecule is O=C1CCC(N2Cc3cc(N4CCN(CC5CCN(C(=O)C6CCN(c7ccc([C@@H]8c9ccc(O)cc9CC[C@@H]8c8ccccc8)cc7)CC6)CC5)CC4)ccc3C2=O)C(=O)N1. The van der Waals surface area contributed by atoms with Crippen LogP contribution < -0.4 is 15.1 Å². The first-order valence-corrected chi connectivity index (χ1v) is 23.0. The fourth-order valence-corrected chi connectivity index (χ4v) is 11.5. The van der Waals surface area contributed by atoms with Crippen molar-refractivity contribution in [3.63, 3.8) is 0 Å². The number of rotatable bonds is 8. The van der Waals surface area contributed by atoms with Gasteiger partial charge >= 0.3 is 0 Å². The molecule has 0 saturated carbocycles. The van der Waals surface area contributed by atoms with Gasteiger partial charge in [0.15, 0.2) is 0 Å². The molecule has 11 nitrogen and oxygen atoms in total. The number of carbonyl (C=O) groups is 4. The standard InChI is InChI=1S/C51H58N6O5/c58-42-12-15-44-38(31-42)8-13-43(35-4-2-1-3-5-35)48(44)36-6-9-40(10-7-36)54-24-20-37(21-25-54)50(61)56-22-18-34(19-23-56)32-53-26-28-55(29-27-53)41-11-14-45-39(30-41)33-57(51(45)62)46-16-17-47(59)52-49(46)60/h1-7,9-12,14-15,30-31,34,37,43,46,48,58H,8,13,16-29,32-33H2,(H,52,59,60)/t43-,46?,48+/m1/s1. The van der Waals surface area contributed by atoms with Crippen molar-refractivity contribution in [1.29, 1.82) is 0 Å². The van der Waals surface area contributed by atoms with Crippen LogP contribution in [0.2, 0.25) is 0 Å². The highest BCUT2D eigenvalue weighted by molar-refractivity contribution is 6.05. The molecule has 10 rings (SSSR count). The predicted molar refractivity (Wildman–Crippen MR) is 239 cm³/mol. The molecule has 0 aromatic heterocycles. The van der Waals surface area contributed by atoms with Crippen molar-refractivity contribution in [2.75, 3.05) is 68.7 Å². The number of likely N-dealkylation sites (tertiary alicyclic amines) is 1. The van der Waals surface area contributed by atoms with Crippen molar-refractivity contribution in [2.45, 2.75) is 75.8 Å². The Morgan fingerprint density at radius 1 is 0.661 bits per heavy atom. The average Bonchev–Trinajstić information content (AvgIpc) is 3.63. The second-order valence-electron chi connectivity index (χ2n) is 18.6. The lowest BCUT2D eigenvalue weighted by molar-refractivity contribution is -0.138. The van der Waals surface area contributed by atoms with Gasteiger partial charge in [0.05, 0.1) is 0 Å². The van der Waals surface area contributed by atoms with Crippen LogP contribution in [0.4, 0.5) is 11.4 Å². The molecule has 62 heavy (non-hydrogen) atoms. The van der Waals surface area contributed by atoms with Crippen LogP contribution in [0.5, 0.6) is 5.75 Å². The number of benzene rings is 4. The van der Waals surface area contributed by atoms with Crippen molar-refractivity contribution < 1.29 is 24.3 Å². The number of imide groups is 1. The molecule has 4 fully saturated rings. The number of anilines is 2. The lowest BCUT2D eigenvalue weighted by Gasteiger charge is -2.41. The van der Waals surface area contributed by atoms with Gasteiger partial charge in [-0.1, -0.05) is 48.5 Å². The zero-order valence-corrected chi connectivity index (χ0v) is 35.6. The molecule has 0 radical (unpaired) electrons. The monoisotopic (exact) mass is 834 g/mol. The highest BCUT2D eigenvalue weighted by atomic mass is 16.3. The molecule has 4 aromatic rings. The molecule has 0 bridgehead atoms. The number of fused-ring (bicyclic) bond motifs is 2. The van der Waals surface area contributed by atoms with Crippen molar-refractivity contribution in [3.05, 3.63) is 124 Å². The van der Waals surface area contributed by atoms with Gasteiger partial charge in [0.1, 0.15) is 11.8 Å². The van der Waals surface area contributed by atoms with Gasteiger partial charge in [-0.3, -0.25) is 29.4 Å². The number of phenolic OH excluding ortho intramolecular Hbond substituents is 1. The van der Waals surface area contributed by atoms with Gasteiger partial charge in [-0.15, -0.1) is 0 Å². The smallest absolute Gasteiger partial charge is 0.255 e. The van der Waals surface area contributed by atoms with E-state index in [4.69, 9.17) is 0 Å². The third-order valence-corrected chi connectivity index (χ3v) is 15.0. The molecule has 1 unspecified atom stereocenters. The molecule has 4 aromatic carbocycles. The van der Waals surface area contributed by atoms with Crippen molar-refractivity contribution in [3.8, 4) is 5.75 Å². The summed E-state index contributed by atoms with van der Waals surface area (Å²) in [5.74, 6) is 1.19. The predicted octanol–water partition coefficient (Wildman–Crippen LogP) is 6.29. The molecule has 322 valence electrons. The largest absolute Gasteiger partial charge is 0.508 e. The molecular formula is C51H58N6O5. The van der Waals surface area contributed by atoms with E-state index in [9.17, 15) is 24.3 Å². The fourth-order valence-electron chi connectivity index (χ4n) is 11.5. The zero-order valence-electron chi connectivity index (χ0n) is 35.6. The van der Waals surface area contributed by atoms with Gasteiger partial charge in [0.2, 0.25) is 17.7 Å². The Bertz CT molecular complexity index is 2310. The van der Waals surface area contributed by atoms with Gasteiger partial charge in [-0.2, -0.15) is 0 Å². The summed E-state index contributed by atoms with van der Waals surface area (Å²) in [6.07, 6.45) is 6.51. The molecule has 11 heteroatoms. The first kappa shape index (κ1) is 40.4. The second kappa shape index (κ2) is 17.2. The molecule has 4 amide bonds. The van der Waals surface area contributed by atoms with Crippen LogP contribution in [0.15, 0.2) is 91.0 Å². The Morgan fingerprint density at radius 3 is 2.13 bits per heavy atom. The molecular weight excluding hydrogens is 777 g/mol. The minimum Gasteiger partial charge on any atom is -0.508 e. The van der Waals surface area contributed by atoms with E-state index in [0.717, 1.165) is 109 Å². The number of hydrogen-bond donors (Lipinski definition) is 2. The highest BCUT2D eigenvalue weighted by Gasteiger charge is 2.40. The Balaban J connectivity index is 0.677. The maximum atomic E-state index is 13.8. The zero-order chi connectivity index (χ0) is 42.3. The number of phenols is 1. The molecule has 3 atom stereocenters. The summed E-state index contributed by atoms with van der Waals surface area (Å²) in [4.78, 5) is 62.3. The molecule has 6 aliphatic rings. The Hall–Kier alpha value is -5.68. The molecule has 2 N–H and O–H groups in total. The molecule has 5 heterocycles. The average molecular weight is 835 g/mol. The van der Waals surface area contributed by atoms with E-state index in [-0.39, 0.29) is 36.0 Å². The van der Waals surface area contributed by atoms with Crippen molar-refractivity contribution in [1.82, 2.24) is 20.0 Å². The lowest BCUT2D eigenvalue weighted by atomic mass is 9.69. The van der Waals surface area contributed by atoms with Gasteiger partial charge in [0.25, 0.3) is 5.91 Å². The normalized spacial score (nSPS) is 23.9. The summed E-state index contributed by atoms with van der Waals surface area (Å²) in [6.45, 7) is 8.73. The maximum Gasteiger partial charge on any atom is 0.255 e. The summed E-state index contributed by atoms with van der Waals surface area (Å²) >= 11 is 0. The number of aryl methyl sites for hydroxylation is 1. The third-order valence-electron chi connectivity index (χ3n) is 15.0. The van der Waals surface area contributed by atoms with E-state index >= 15 is 0 Å². The summed E-state index contributed by atoms with van der Waals surface area (Å²) in [5.41, 5.74) is 9.16. The third kappa shape index (κ3) is 8.07. The van der Waals surface area contributed by atoms with E-state index in [2.05, 4.69) is 91.6 Å². The summed E-state index contributed by atoms with van der Waals surface area (Å²) in [7, 11) is 0. The Morgan fingerprint density at radius 2 is 1.39 bits per heavy atom. The van der Waals surface area contributed by atoms with E-state index < -0.39 is 6.04 Å². The highest BCUT2D eigenvalue weighted by Crippen LogP contribution is 2.47. The number of hydrogen-bond acceptors (Lipinski definition) is 8. The van der Waals surface area contributed by atoms with Crippen LogP contribution in [0.25, 0.3) is 0 Å². The number of nitrogens with one attached hydrogen (secondary N) is 1. The van der Waals surface area contributed by atoms with Gasteiger partial charge in [0, 0.05) is 101 Å². The number of aromatic hydroxyl groups is 1. The van der Waals surface area contributed by atoms with Crippen LogP contribution in [-0.2, 0) is 27.3 Å². The molecule has 4 saturated heterocycles. The van der Waals surface area contributed by atoms with E-state index in [1.807, 2.05) is 24.3 Å². The Kier molecular flexibility index (Phi) is 11.2. The van der Waals surface area contributed by atoms with Crippen LogP contribution in [0.1, 0.15) is 95.0 Å². The molecule has 5 aliphatic heterocycles. The number of piperidine rings is 3. The molecule has 1 aliphatic carbocycles. The summed E-state index contributed by atoms with van der Waals surface area (Å²) in [6, 6.07) is 31.3. The van der Waals surface area contributed by atoms with Gasteiger partial charge < -0.3 is 24.7 Å². The molecule has 0 spiro atoms. The topological polar surface area (TPSA) is 117 Å². The summed E-state index contributed by atoms with van der Waals surface area (Å²) in [5, 5.41) is 12.6. The quantitative estimate of drug-likeness (QED) is 0.199. The van der Waals surface area contributed by atoms with E-state index in [1.54, 1.807) is 4.90 Å². The van der Waals surface area contributed by atoms with Gasteiger partial charge in [-0.25, -0.2) is 0 Å². The second-order valence-corrected chi connectivity index (χ2v) is 18.6. The minimum atomic E-state index is -0.599. The Labute approximate surface area is 364 Å². The lowest BCUT2D eigenvalue weighted by Crippen LogP contribution is -2.52. The number of piperazine rings is 1. The fraction of sp³-hybridized carbons (Fsp3) is 0.451. The number of carbonyl (C=O) groups excluding carboxylic acids is 4. The first-order valence-electron chi connectivity index (χ1n) is 23.0. The van der Waals surface area contributed by atoms with Crippen LogP contribution in [0, 0.1) is 11.8 Å². The van der Waals surface area contributed by atoms with E-state index in [1.165, 1.54) is 27.9 Å². The summed E-state index contributed by atoms with van der Waals surface area (Å²) < 4.78 is 0. The van der Waals surface area contributed by atoms with Crippen LogP contribution in [-0.4, -0.2) is 108 Å². The van der Waals surface area contributed by atoms with E-state index in [0.29, 0.717) is 42.0 Å². The minimum absolute atomic E-state index is 0.0924. The number of nitrogens with zero attached hydrogens (tertiary/aromatic N) is 5.